The Morgan fingerprint density at radius 2 is 1.86 bits per heavy atom. The van der Waals surface area contributed by atoms with Crippen molar-refractivity contribution in [3.05, 3.63) is 0 Å². The van der Waals surface area contributed by atoms with Crippen molar-refractivity contribution in [1.82, 2.24) is 0 Å². The van der Waals surface area contributed by atoms with Gasteiger partial charge in [-0.3, -0.25) is 0 Å². The molecule has 0 aliphatic rings. The summed E-state index contributed by atoms with van der Waals surface area (Å²) in [4.78, 5) is 0. The van der Waals surface area contributed by atoms with E-state index in [0.717, 1.165) is 0 Å². The highest BCUT2D eigenvalue weighted by molar-refractivity contribution is 4.58. The maximum absolute atomic E-state index is 5.30. The lowest BCUT2D eigenvalue weighted by atomic mass is 10.3. The van der Waals surface area contributed by atoms with E-state index in [9.17, 15) is 0 Å². The molecule has 0 bridgehead atoms. The Kier molecular flexibility index (Phi) is 2.91. The normalized spacial score (nSPS) is 18.9. The first kappa shape index (κ1) is 6.88. The molecule has 0 saturated carbocycles. The summed E-state index contributed by atoms with van der Waals surface area (Å²) in [5.74, 6) is 0. The summed E-state index contributed by atoms with van der Waals surface area (Å²) < 4.78 is 4.66. The molecule has 0 amide bonds. The predicted molar refractivity (Wildman–Crippen MR) is 28.6 cm³/mol. The van der Waals surface area contributed by atoms with Gasteiger partial charge in [-0.15, -0.1) is 0 Å². The summed E-state index contributed by atoms with van der Waals surface area (Å²) in [7, 11) is 1.54. The lowest BCUT2D eigenvalue weighted by Gasteiger charge is -2.11. The first-order valence-corrected chi connectivity index (χ1v) is 2.22. The van der Waals surface area contributed by atoms with E-state index in [0.29, 0.717) is 0 Å². The van der Waals surface area contributed by atoms with Crippen LogP contribution in [0.4, 0.5) is 0 Å². The van der Waals surface area contributed by atoms with Gasteiger partial charge in [0.25, 0.3) is 0 Å². The second-order valence-electron chi connectivity index (χ2n) is 1.56. The van der Waals surface area contributed by atoms with Gasteiger partial charge in [-0.25, -0.2) is 0 Å². The third-order valence-electron chi connectivity index (χ3n) is 0.790. The predicted octanol–water partition coefficient (Wildman–Crippen LogP) is -0.735. The van der Waals surface area contributed by atoms with Crippen molar-refractivity contribution in [2.24, 2.45) is 11.5 Å². The van der Waals surface area contributed by atoms with E-state index in [1.807, 2.05) is 0 Å². The molecule has 0 fully saturated rings. The van der Waals surface area contributed by atoms with Crippen molar-refractivity contribution in [2.75, 3.05) is 7.11 Å². The molecule has 0 rings (SSSR count). The highest BCUT2D eigenvalue weighted by Crippen LogP contribution is 1.81. The molecule has 0 aromatic carbocycles. The van der Waals surface area contributed by atoms with E-state index >= 15 is 0 Å². The molecule has 0 aromatic heterocycles. The van der Waals surface area contributed by atoms with Gasteiger partial charge >= 0.3 is 0 Å². The molecule has 7 heavy (non-hydrogen) atoms. The van der Waals surface area contributed by atoms with Crippen molar-refractivity contribution >= 4 is 0 Å². The largest absolute Gasteiger partial charge is 0.365 e. The number of nitrogens with two attached hydrogens (primary N) is 2. The van der Waals surface area contributed by atoms with Crippen LogP contribution in [0.5, 0.6) is 0 Å². The van der Waals surface area contributed by atoms with Crippen LogP contribution in [-0.2, 0) is 4.74 Å². The summed E-state index contributed by atoms with van der Waals surface area (Å²) in [6.45, 7) is 1.80. The average molecular weight is 104 g/mol. The Morgan fingerprint density at radius 1 is 1.43 bits per heavy atom. The third kappa shape index (κ3) is 2.56. The summed E-state index contributed by atoms with van der Waals surface area (Å²) in [6, 6.07) is -0.0787. The van der Waals surface area contributed by atoms with E-state index < -0.39 is 0 Å². The molecule has 0 aromatic rings. The van der Waals surface area contributed by atoms with Crippen molar-refractivity contribution in [2.45, 2.75) is 19.2 Å². The van der Waals surface area contributed by atoms with Crippen molar-refractivity contribution < 1.29 is 4.74 Å². The topological polar surface area (TPSA) is 61.3 Å². The average Bonchev–Trinajstić information content (AvgIpc) is 1.65. The second kappa shape index (κ2) is 2.96. The molecular formula is C4H12N2O. The minimum Gasteiger partial charge on any atom is -0.365 e. The molecule has 44 valence electrons. The fourth-order valence-electron chi connectivity index (χ4n) is 0.215. The van der Waals surface area contributed by atoms with Crippen LogP contribution in [0.15, 0.2) is 0 Å². The van der Waals surface area contributed by atoms with Gasteiger partial charge in [-0.05, 0) is 6.92 Å². The Bertz CT molecular complexity index is 47.0. The molecule has 3 heteroatoms. The zero-order valence-corrected chi connectivity index (χ0v) is 4.72. The lowest BCUT2D eigenvalue weighted by Crippen LogP contribution is -2.40. The van der Waals surface area contributed by atoms with Crippen LogP contribution in [0.1, 0.15) is 6.92 Å². The Morgan fingerprint density at radius 3 is 1.86 bits per heavy atom. The van der Waals surface area contributed by atoms with Gasteiger partial charge in [0.1, 0.15) is 6.23 Å². The lowest BCUT2D eigenvalue weighted by molar-refractivity contribution is 0.0908. The monoisotopic (exact) mass is 104 g/mol. The highest BCUT2D eigenvalue weighted by Gasteiger charge is 2.02. The SMILES string of the molecule is COC(N)C(C)N. The molecular weight excluding hydrogens is 92.1 g/mol. The van der Waals surface area contributed by atoms with Crippen LogP contribution in [0.2, 0.25) is 0 Å². The van der Waals surface area contributed by atoms with Crippen LogP contribution in [0.3, 0.4) is 0 Å². The molecule has 0 saturated heterocycles. The van der Waals surface area contributed by atoms with E-state index in [4.69, 9.17) is 11.5 Å². The quantitative estimate of drug-likeness (QED) is 0.454. The van der Waals surface area contributed by atoms with E-state index in [2.05, 4.69) is 4.74 Å². The summed E-state index contributed by atoms with van der Waals surface area (Å²) in [5.41, 5.74) is 10.6. The Labute approximate surface area is 43.6 Å². The summed E-state index contributed by atoms with van der Waals surface area (Å²) in [5, 5.41) is 0. The van der Waals surface area contributed by atoms with Crippen LogP contribution < -0.4 is 11.5 Å². The molecule has 2 unspecified atom stereocenters. The van der Waals surface area contributed by atoms with Crippen LogP contribution in [0, 0.1) is 0 Å². The number of rotatable bonds is 2. The molecule has 3 nitrogen and oxygen atoms in total. The minimum atomic E-state index is -0.319. The second-order valence-corrected chi connectivity index (χ2v) is 1.56. The maximum atomic E-state index is 5.30. The van der Waals surface area contributed by atoms with Gasteiger partial charge in [-0.2, -0.15) is 0 Å². The standard InChI is InChI=1S/C4H12N2O/c1-3(5)4(6)7-2/h3-4H,5-6H2,1-2H3. The van der Waals surface area contributed by atoms with Crippen LogP contribution in [-0.4, -0.2) is 19.4 Å². The Balaban J connectivity index is 3.14. The summed E-state index contributed by atoms with van der Waals surface area (Å²) in [6.07, 6.45) is -0.319. The fourth-order valence-corrected chi connectivity index (χ4v) is 0.215. The molecule has 0 aliphatic heterocycles. The van der Waals surface area contributed by atoms with Crippen molar-refractivity contribution in [3.63, 3.8) is 0 Å². The van der Waals surface area contributed by atoms with Gasteiger partial charge in [0.2, 0.25) is 0 Å². The first-order chi connectivity index (χ1) is 3.18. The fraction of sp³-hybridized carbons (Fsp3) is 1.00. The van der Waals surface area contributed by atoms with Gasteiger partial charge in [0.15, 0.2) is 0 Å². The minimum absolute atomic E-state index is 0.0787. The molecule has 0 radical (unpaired) electrons. The van der Waals surface area contributed by atoms with Crippen LogP contribution >= 0.6 is 0 Å². The van der Waals surface area contributed by atoms with E-state index in [-0.39, 0.29) is 12.3 Å². The third-order valence-corrected chi connectivity index (χ3v) is 0.790. The van der Waals surface area contributed by atoms with Crippen molar-refractivity contribution in [3.8, 4) is 0 Å². The molecule has 4 N–H and O–H groups in total. The molecule has 2 atom stereocenters. The van der Waals surface area contributed by atoms with Gasteiger partial charge in [0.05, 0.1) is 0 Å². The zero-order valence-electron chi connectivity index (χ0n) is 4.72. The van der Waals surface area contributed by atoms with Gasteiger partial charge < -0.3 is 16.2 Å². The van der Waals surface area contributed by atoms with Gasteiger partial charge in [-0.1, -0.05) is 0 Å². The number of hydrogen-bond acceptors (Lipinski definition) is 3. The molecule has 0 spiro atoms. The van der Waals surface area contributed by atoms with E-state index in [1.165, 1.54) is 7.11 Å². The number of hydrogen-bond donors (Lipinski definition) is 2. The number of methoxy groups -OCH3 is 1. The smallest absolute Gasteiger partial charge is 0.120 e. The maximum Gasteiger partial charge on any atom is 0.120 e. The molecule has 0 heterocycles. The number of ether oxygens (including phenoxy) is 1. The first-order valence-electron chi connectivity index (χ1n) is 2.22. The highest BCUT2D eigenvalue weighted by atomic mass is 16.5. The molecule has 0 aliphatic carbocycles. The van der Waals surface area contributed by atoms with E-state index in [1.54, 1.807) is 6.92 Å². The summed E-state index contributed by atoms with van der Waals surface area (Å²) >= 11 is 0. The Hall–Kier alpha value is -0.120. The van der Waals surface area contributed by atoms with Crippen molar-refractivity contribution in [1.29, 1.82) is 0 Å². The van der Waals surface area contributed by atoms with Gasteiger partial charge in [0, 0.05) is 13.2 Å². The van der Waals surface area contributed by atoms with Crippen LogP contribution in [0.25, 0.3) is 0 Å². The zero-order chi connectivity index (χ0) is 5.86.